The van der Waals surface area contributed by atoms with Gasteiger partial charge in [0.05, 0.1) is 6.10 Å². The number of piperidine rings is 1. The van der Waals surface area contributed by atoms with Crippen LogP contribution in [0.3, 0.4) is 0 Å². The predicted molar refractivity (Wildman–Crippen MR) is 98.6 cm³/mol. The van der Waals surface area contributed by atoms with Crippen LogP contribution in [0.15, 0.2) is 24.4 Å². The molecule has 1 saturated carbocycles. The van der Waals surface area contributed by atoms with E-state index in [0.717, 1.165) is 57.4 Å². The second kappa shape index (κ2) is 8.52. The van der Waals surface area contributed by atoms with Gasteiger partial charge < -0.3 is 20.2 Å². The van der Waals surface area contributed by atoms with E-state index in [1.165, 1.54) is 0 Å². The first-order chi connectivity index (χ1) is 12.1. The Kier molecular flexibility index (Phi) is 6.13. The van der Waals surface area contributed by atoms with Crippen LogP contribution >= 0.6 is 0 Å². The van der Waals surface area contributed by atoms with Crippen LogP contribution < -0.4 is 10.2 Å². The Hall–Kier alpha value is -1.82. The number of anilines is 1. The highest BCUT2D eigenvalue weighted by Gasteiger charge is 2.27. The van der Waals surface area contributed by atoms with Crippen LogP contribution in [-0.4, -0.2) is 59.8 Å². The molecule has 2 aliphatic rings. The molecule has 0 spiro atoms. The van der Waals surface area contributed by atoms with Gasteiger partial charge in [0.25, 0.3) is 0 Å². The van der Waals surface area contributed by atoms with Crippen molar-refractivity contribution >= 4 is 11.8 Å². The summed E-state index contributed by atoms with van der Waals surface area (Å²) < 4.78 is 0. The van der Waals surface area contributed by atoms with E-state index in [0.29, 0.717) is 6.54 Å². The summed E-state index contributed by atoms with van der Waals surface area (Å²) >= 11 is 0. The molecule has 2 amide bonds. The van der Waals surface area contributed by atoms with Crippen molar-refractivity contribution in [2.75, 3.05) is 31.6 Å². The number of rotatable bonds is 4. The summed E-state index contributed by atoms with van der Waals surface area (Å²) in [7, 11) is 1.83. The Balaban J connectivity index is 1.50. The van der Waals surface area contributed by atoms with Gasteiger partial charge in [-0.25, -0.2) is 9.78 Å². The van der Waals surface area contributed by atoms with Crippen molar-refractivity contribution in [3.63, 3.8) is 0 Å². The summed E-state index contributed by atoms with van der Waals surface area (Å²) in [5.74, 6) is 1.18. The molecule has 1 aromatic heterocycles. The van der Waals surface area contributed by atoms with Crippen molar-refractivity contribution < 1.29 is 9.90 Å². The van der Waals surface area contributed by atoms with Crippen LogP contribution in [0.5, 0.6) is 0 Å². The Labute approximate surface area is 150 Å². The molecule has 1 aliphatic carbocycles. The molecule has 138 valence electrons. The molecule has 0 radical (unpaired) electrons. The molecule has 6 heteroatoms. The first kappa shape index (κ1) is 18.0. The number of nitrogens with zero attached hydrogens (tertiary/aromatic N) is 3. The van der Waals surface area contributed by atoms with E-state index in [1.807, 2.05) is 25.2 Å². The molecular formula is C19H30N4O2. The SMILES string of the molecule is CN(C[C@@H]1CCCC[C@H]1O)C(=O)N[C@@H]1CCCN(c2ccccn2)C1. The number of carbonyl (C=O) groups excluding carboxylic acids is 1. The number of hydrogen-bond acceptors (Lipinski definition) is 4. The number of aromatic nitrogens is 1. The van der Waals surface area contributed by atoms with Crippen LogP contribution in [0.4, 0.5) is 10.6 Å². The third-order valence-corrected chi connectivity index (χ3v) is 5.45. The quantitative estimate of drug-likeness (QED) is 0.877. The van der Waals surface area contributed by atoms with E-state index < -0.39 is 0 Å². The molecule has 0 bridgehead atoms. The molecule has 1 saturated heterocycles. The number of nitrogens with one attached hydrogen (secondary N) is 1. The van der Waals surface area contributed by atoms with Crippen LogP contribution in [0.1, 0.15) is 38.5 Å². The average molecular weight is 346 g/mol. The van der Waals surface area contributed by atoms with E-state index in [1.54, 1.807) is 11.1 Å². The molecule has 1 aliphatic heterocycles. The van der Waals surface area contributed by atoms with E-state index in [-0.39, 0.29) is 24.1 Å². The van der Waals surface area contributed by atoms with Crippen LogP contribution in [0.25, 0.3) is 0 Å². The van der Waals surface area contributed by atoms with Gasteiger partial charge in [0, 0.05) is 44.8 Å². The Morgan fingerprint density at radius 1 is 1.32 bits per heavy atom. The maximum absolute atomic E-state index is 12.5. The molecule has 6 nitrogen and oxygen atoms in total. The number of aliphatic hydroxyl groups excluding tert-OH is 1. The van der Waals surface area contributed by atoms with Gasteiger partial charge >= 0.3 is 6.03 Å². The highest BCUT2D eigenvalue weighted by molar-refractivity contribution is 5.74. The Morgan fingerprint density at radius 3 is 2.92 bits per heavy atom. The van der Waals surface area contributed by atoms with Gasteiger partial charge in [-0.1, -0.05) is 18.9 Å². The van der Waals surface area contributed by atoms with Gasteiger partial charge in [-0.3, -0.25) is 0 Å². The average Bonchev–Trinajstić information content (AvgIpc) is 2.64. The second-order valence-electron chi connectivity index (χ2n) is 7.42. The van der Waals surface area contributed by atoms with Crippen LogP contribution in [0.2, 0.25) is 0 Å². The lowest BCUT2D eigenvalue weighted by atomic mass is 9.86. The van der Waals surface area contributed by atoms with Crippen LogP contribution in [-0.2, 0) is 0 Å². The van der Waals surface area contributed by atoms with Gasteiger partial charge in [0.1, 0.15) is 5.82 Å². The lowest BCUT2D eigenvalue weighted by molar-refractivity contribution is 0.0562. The first-order valence-corrected chi connectivity index (χ1v) is 9.49. The largest absolute Gasteiger partial charge is 0.393 e. The zero-order chi connectivity index (χ0) is 17.6. The van der Waals surface area contributed by atoms with Crippen molar-refractivity contribution in [1.29, 1.82) is 0 Å². The summed E-state index contributed by atoms with van der Waals surface area (Å²) in [6.45, 7) is 2.40. The van der Waals surface area contributed by atoms with Gasteiger partial charge in [-0.15, -0.1) is 0 Å². The fourth-order valence-corrected chi connectivity index (χ4v) is 3.96. The van der Waals surface area contributed by atoms with Crippen molar-refractivity contribution in [3.05, 3.63) is 24.4 Å². The normalized spacial score (nSPS) is 27.0. The molecule has 3 atom stereocenters. The third-order valence-electron chi connectivity index (χ3n) is 5.45. The predicted octanol–water partition coefficient (Wildman–Crippen LogP) is 2.24. The minimum absolute atomic E-state index is 0.0364. The van der Waals surface area contributed by atoms with Crippen molar-refractivity contribution in [2.24, 2.45) is 5.92 Å². The monoisotopic (exact) mass is 346 g/mol. The van der Waals surface area contributed by atoms with E-state index in [4.69, 9.17) is 0 Å². The summed E-state index contributed by atoms with van der Waals surface area (Å²) in [5, 5.41) is 13.3. The summed E-state index contributed by atoms with van der Waals surface area (Å²) in [5.41, 5.74) is 0. The van der Waals surface area contributed by atoms with Gasteiger partial charge in [0.2, 0.25) is 0 Å². The van der Waals surface area contributed by atoms with Crippen molar-refractivity contribution in [3.8, 4) is 0 Å². The highest BCUT2D eigenvalue weighted by atomic mass is 16.3. The molecule has 25 heavy (non-hydrogen) atoms. The van der Waals surface area contributed by atoms with E-state index in [9.17, 15) is 9.90 Å². The fraction of sp³-hybridized carbons (Fsp3) is 0.684. The molecule has 0 aromatic carbocycles. The minimum atomic E-state index is -0.265. The summed E-state index contributed by atoms with van der Waals surface area (Å²) in [6, 6.07) is 6.03. The molecule has 3 rings (SSSR count). The molecule has 2 N–H and O–H groups in total. The number of amides is 2. The number of carbonyl (C=O) groups is 1. The maximum Gasteiger partial charge on any atom is 0.317 e. The topological polar surface area (TPSA) is 68.7 Å². The van der Waals surface area contributed by atoms with Crippen molar-refractivity contribution in [2.45, 2.75) is 50.7 Å². The van der Waals surface area contributed by atoms with E-state index in [2.05, 4.69) is 15.2 Å². The fourth-order valence-electron chi connectivity index (χ4n) is 3.96. The maximum atomic E-state index is 12.5. The highest BCUT2D eigenvalue weighted by Crippen LogP contribution is 2.25. The van der Waals surface area contributed by atoms with Gasteiger partial charge in [-0.05, 0) is 37.8 Å². The smallest absolute Gasteiger partial charge is 0.317 e. The molecule has 0 unspecified atom stereocenters. The first-order valence-electron chi connectivity index (χ1n) is 9.49. The standard InChI is InChI=1S/C19H30N4O2/c1-22(13-15-7-2-3-9-17(15)24)19(25)21-16-8-6-12-23(14-16)18-10-4-5-11-20-18/h4-5,10-11,15-17,24H,2-3,6-9,12-14H2,1H3,(H,21,25)/t15-,16+,17+/m0/s1. The summed E-state index contributed by atoms with van der Waals surface area (Å²) in [6.07, 6.45) is 7.70. The molecule has 2 heterocycles. The van der Waals surface area contributed by atoms with Crippen LogP contribution in [0, 0.1) is 5.92 Å². The summed E-state index contributed by atoms with van der Waals surface area (Å²) in [4.78, 5) is 20.9. The number of hydrogen-bond donors (Lipinski definition) is 2. The zero-order valence-electron chi connectivity index (χ0n) is 15.1. The number of urea groups is 1. The zero-order valence-corrected chi connectivity index (χ0v) is 15.1. The van der Waals surface area contributed by atoms with E-state index >= 15 is 0 Å². The molecule has 2 fully saturated rings. The van der Waals surface area contributed by atoms with Gasteiger partial charge in [0.15, 0.2) is 0 Å². The number of pyridine rings is 1. The lowest BCUT2D eigenvalue weighted by Crippen LogP contribution is -2.52. The second-order valence-corrected chi connectivity index (χ2v) is 7.42. The molecular weight excluding hydrogens is 316 g/mol. The number of aliphatic hydroxyl groups is 1. The Morgan fingerprint density at radius 2 is 2.16 bits per heavy atom. The third kappa shape index (κ3) is 4.84. The molecule has 1 aromatic rings. The van der Waals surface area contributed by atoms with Crippen molar-refractivity contribution in [1.82, 2.24) is 15.2 Å². The lowest BCUT2D eigenvalue weighted by Gasteiger charge is -2.36. The Bertz CT molecular complexity index is 554. The minimum Gasteiger partial charge on any atom is -0.393 e. The van der Waals surface area contributed by atoms with Gasteiger partial charge in [-0.2, -0.15) is 0 Å².